The van der Waals surface area contributed by atoms with Gasteiger partial charge in [0.2, 0.25) is 5.88 Å². The number of carbonyl (C=O) groups is 1. The van der Waals surface area contributed by atoms with Crippen LogP contribution in [-0.2, 0) is 0 Å². The molecule has 1 aliphatic rings. The molecule has 3 rings (SSSR count). The highest BCUT2D eigenvalue weighted by Gasteiger charge is 2.23. The largest absolute Gasteiger partial charge is 0.414 e. The molecule has 0 spiro atoms. The molecule has 22 heavy (non-hydrogen) atoms. The number of nitrogens with zero attached hydrogens (tertiary/aromatic N) is 1. The first-order chi connectivity index (χ1) is 10.7. The number of H-pyrrole nitrogens is 1. The van der Waals surface area contributed by atoms with Crippen LogP contribution in [0.4, 0.5) is 4.79 Å². The Morgan fingerprint density at radius 3 is 2.95 bits per heavy atom. The number of rotatable bonds is 2. The lowest BCUT2D eigenvalue weighted by Crippen LogP contribution is -2.42. The molecule has 2 aromatic rings. The zero-order chi connectivity index (χ0) is 15.5. The highest BCUT2D eigenvalue weighted by molar-refractivity contribution is 5.83. The molecule has 1 amide bonds. The van der Waals surface area contributed by atoms with Gasteiger partial charge in [-0.25, -0.2) is 4.79 Å². The molecular formula is C17H19N3O2. The van der Waals surface area contributed by atoms with Crippen LogP contribution in [0.3, 0.4) is 0 Å². The van der Waals surface area contributed by atoms with Crippen molar-refractivity contribution in [1.29, 1.82) is 5.26 Å². The Morgan fingerprint density at radius 2 is 2.18 bits per heavy atom. The Hall–Kier alpha value is -2.48. The van der Waals surface area contributed by atoms with E-state index in [-0.39, 0.29) is 6.04 Å². The molecule has 0 unspecified atom stereocenters. The van der Waals surface area contributed by atoms with E-state index in [2.05, 4.69) is 23.3 Å². The fourth-order valence-corrected chi connectivity index (χ4v) is 3.04. The summed E-state index contributed by atoms with van der Waals surface area (Å²) >= 11 is 0. The summed E-state index contributed by atoms with van der Waals surface area (Å²) in [5.41, 5.74) is 1.36. The molecule has 5 heteroatoms. The lowest BCUT2D eigenvalue weighted by atomic mass is 9.86. The maximum Gasteiger partial charge on any atom is 0.414 e. The highest BCUT2D eigenvalue weighted by atomic mass is 16.6. The molecule has 0 radical (unpaired) electrons. The van der Waals surface area contributed by atoms with Crippen LogP contribution in [0.25, 0.3) is 10.9 Å². The molecule has 0 saturated heterocycles. The summed E-state index contributed by atoms with van der Waals surface area (Å²) in [6.45, 7) is 2.16. The number of hydrogen-bond donors (Lipinski definition) is 2. The van der Waals surface area contributed by atoms with Gasteiger partial charge in [-0.05, 0) is 30.9 Å². The van der Waals surface area contributed by atoms with Gasteiger partial charge in [0.1, 0.15) is 0 Å². The Labute approximate surface area is 129 Å². The van der Waals surface area contributed by atoms with E-state index in [1.807, 2.05) is 6.07 Å². The van der Waals surface area contributed by atoms with Gasteiger partial charge in [-0.15, -0.1) is 0 Å². The van der Waals surface area contributed by atoms with Crippen molar-refractivity contribution in [3.05, 3.63) is 29.8 Å². The van der Waals surface area contributed by atoms with Crippen LogP contribution in [0, 0.1) is 17.2 Å². The number of benzene rings is 1. The maximum atomic E-state index is 12.0. The number of amides is 1. The fourth-order valence-electron chi connectivity index (χ4n) is 3.04. The number of nitrogens with one attached hydrogen (secondary N) is 2. The van der Waals surface area contributed by atoms with Gasteiger partial charge < -0.3 is 15.0 Å². The fraction of sp³-hybridized carbons (Fsp3) is 0.412. The smallest absolute Gasteiger partial charge is 0.393 e. The van der Waals surface area contributed by atoms with E-state index >= 15 is 0 Å². The number of nitriles is 1. The molecule has 1 heterocycles. The van der Waals surface area contributed by atoms with E-state index in [4.69, 9.17) is 10.00 Å². The van der Waals surface area contributed by atoms with Crippen molar-refractivity contribution in [2.75, 3.05) is 0 Å². The van der Waals surface area contributed by atoms with E-state index in [0.29, 0.717) is 17.4 Å². The van der Waals surface area contributed by atoms with Gasteiger partial charge in [0.15, 0.2) is 0 Å². The van der Waals surface area contributed by atoms with Gasteiger partial charge in [-0.2, -0.15) is 5.26 Å². The molecule has 2 N–H and O–H groups in total. The van der Waals surface area contributed by atoms with Gasteiger partial charge in [0, 0.05) is 23.0 Å². The standard InChI is InChI=1S/C17H19N3O2/c1-11-4-2-3-5-14(11)20-17(21)22-16-9-13-7-6-12(10-18)8-15(13)19-16/h6-9,11,14,19H,2-5H2,1H3,(H,20,21)/t11-,14+/m0/s1. The minimum Gasteiger partial charge on any atom is -0.393 e. The lowest BCUT2D eigenvalue weighted by Gasteiger charge is -2.28. The van der Waals surface area contributed by atoms with Crippen molar-refractivity contribution < 1.29 is 9.53 Å². The van der Waals surface area contributed by atoms with Crippen LogP contribution in [0.1, 0.15) is 38.2 Å². The number of aromatic amines is 1. The van der Waals surface area contributed by atoms with E-state index in [0.717, 1.165) is 30.2 Å². The summed E-state index contributed by atoms with van der Waals surface area (Å²) in [6, 6.07) is 9.35. The summed E-state index contributed by atoms with van der Waals surface area (Å²) in [4.78, 5) is 15.0. The molecule has 1 aliphatic carbocycles. The Morgan fingerprint density at radius 1 is 1.36 bits per heavy atom. The Bertz CT molecular complexity index is 729. The Kier molecular flexibility index (Phi) is 4.01. The first-order valence-electron chi connectivity index (χ1n) is 7.67. The third kappa shape index (κ3) is 3.06. The van der Waals surface area contributed by atoms with Crippen LogP contribution in [-0.4, -0.2) is 17.1 Å². The van der Waals surface area contributed by atoms with Crippen molar-refractivity contribution in [2.45, 2.75) is 38.6 Å². The van der Waals surface area contributed by atoms with Crippen LogP contribution in [0.5, 0.6) is 5.88 Å². The molecule has 0 bridgehead atoms. The molecule has 2 atom stereocenters. The summed E-state index contributed by atoms with van der Waals surface area (Å²) < 4.78 is 5.34. The normalized spacial score (nSPS) is 21.3. The van der Waals surface area contributed by atoms with Gasteiger partial charge in [0.25, 0.3) is 0 Å². The highest BCUT2D eigenvalue weighted by Crippen LogP contribution is 2.24. The third-order valence-electron chi connectivity index (χ3n) is 4.34. The van der Waals surface area contributed by atoms with Crippen molar-refractivity contribution in [1.82, 2.24) is 10.3 Å². The second-order valence-electron chi connectivity index (χ2n) is 5.95. The zero-order valence-electron chi connectivity index (χ0n) is 12.6. The quantitative estimate of drug-likeness (QED) is 0.887. The van der Waals surface area contributed by atoms with Crippen LogP contribution < -0.4 is 10.1 Å². The van der Waals surface area contributed by atoms with Gasteiger partial charge >= 0.3 is 6.09 Å². The summed E-state index contributed by atoms with van der Waals surface area (Å²) in [5, 5.41) is 12.8. The van der Waals surface area contributed by atoms with Crippen LogP contribution in [0.15, 0.2) is 24.3 Å². The Balaban J connectivity index is 1.67. The number of aromatic nitrogens is 1. The maximum absolute atomic E-state index is 12.0. The predicted molar refractivity (Wildman–Crippen MR) is 83.6 cm³/mol. The SMILES string of the molecule is C[C@H]1CCCC[C@H]1NC(=O)Oc1cc2ccc(C#N)cc2[nH]1. The molecule has 5 nitrogen and oxygen atoms in total. The first-order valence-corrected chi connectivity index (χ1v) is 7.67. The predicted octanol–water partition coefficient (Wildman–Crippen LogP) is 3.71. The summed E-state index contributed by atoms with van der Waals surface area (Å²) in [7, 11) is 0. The summed E-state index contributed by atoms with van der Waals surface area (Å²) in [6.07, 6.45) is 4.12. The monoisotopic (exact) mass is 297 g/mol. The lowest BCUT2D eigenvalue weighted by molar-refractivity contribution is 0.182. The summed E-state index contributed by atoms with van der Waals surface area (Å²) in [5.74, 6) is 0.883. The number of ether oxygens (including phenoxy) is 1. The minimum atomic E-state index is -0.425. The molecule has 1 aromatic carbocycles. The van der Waals surface area contributed by atoms with Crippen molar-refractivity contribution >= 4 is 17.0 Å². The van der Waals surface area contributed by atoms with Gasteiger partial charge in [0.05, 0.1) is 11.6 Å². The van der Waals surface area contributed by atoms with Gasteiger partial charge in [-0.1, -0.05) is 25.8 Å². The third-order valence-corrected chi connectivity index (χ3v) is 4.34. The molecular weight excluding hydrogens is 278 g/mol. The van der Waals surface area contributed by atoms with E-state index < -0.39 is 6.09 Å². The van der Waals surface area contributed by atoms with Crippen LogP contribution >= 0.6 is 0 Å². The molecule has 1 saturated carbocycles. The number of hydrogen-bond acceptors (Lipinski definition) is 3. The van der Waals surface area contributed by atoms with E-state index in [1.54, 1.807) is 18.2 Å². The van der Waals surface area contributed by atoms with Crippen molar-refractivity contribution in [2.24, 2.45) is 5.92 Å². The second-order valence-corrected chi connectivity index (χ2v) is 5.95. The van der Waals surface area contributed by atoms with E-state index in [1.165, 1.54) is 6.42 Å². The topological polar surface area (TPSA) is 77.9 Å². The average molecular weight is 297 g/mol. The first kappa shape index (κ1) is 14.5. The second kappa shape index (κ2) is 6.10. The minimum absolute atomic E-state index is 0.191. The zero-order valence-corrected chi connectivity index (χ0v) is 12.6. The van der Waals surface area contributed by atoms with Crippen molar-refractivity contribution in [3.63, 3.8) is 0 Å². The molecule has 1 fully saturated rings. The number of fused-ring (bicyclic) bond motifs is 1. The van der Waals surface area contributed by atoms with E-state index in [9.17, 15) is 4.79 Å². The molecule has 1 aromatic heterocycles. The molecule has 114 valence electrons. The number of carbonyl (C=O) groups excluding carboxylic acids is 1. The van der Waals surface area contributed by atoms with Gasteiger partial charge in [-0.3, -0.25) is 0 Å². The van der Waals surface area contributed by atoms with Crippen LogP contribution in [0.2, 0.25) is 0 Å². The average Bonchev–Trinajstić information content (AvgIpc) is 2.90. The molecule has 0 aliphatic heterocycles. The van der Waals surface area contributed by atoms with Crippen molar-refractivity contribution in [3.8, 4) is 11.9 Å².